The molecule has 0 spiro atoms. The normalized spacial score (nSPS) is 17.9. The predicted molar refractivity (Wildman–Crippen MR) is 78.4 cm³/mol. The summed E-state index contributed by atoms with van der Waals surface area (Å²) in [5.41, 5.74) is -0.264. The van der Waals surface area contributed by atoms with Crippen molar-refractivity contribution in [3.05, 3.63) is 40.3 Å². The maximum Gasteiger partial charge on any atom is 0.416 e. The van der Waals surface area contributed by atoms with Crippen molar-refractivity contribution < 1.29 is 23.1 Å². The molecule has 8 heteroatoms. The van der Waals surface area contributed by atoms with E-state index < -0.39 is 11.7 Å². The number of carbonyl (C=O) groups is 1. The molecule has 3 nitrogen and oxygen atoms in total. The van der Waals surface area contributed by atoms with Gasteiger partial charge in [-0.05, 0) is 23.8 Å². The van der Waals surface area contributed by atoms with Gasteiger partial charge in [0.15, 0.2) is 0 Å². The van der Waals surface area contributed by atoms with E-state index in [1.807, 2.05) is 0 Å². The molecule has 0 bridgehead atoms. The number of thiocarbonyl (C=S) groups is 1. The molecule has 1 saturated heterocycles. The van der Waals surface area contributed by atoms with Gasteiger partial charge >= 0.3 is 6.18 Å². The molecule has 1 aliphatic rings. The molecule has 1 aromatic carbocycles. The Labute approximate surface area is 128 Å². The number of hydrogen-bond donors (Lipinski definition) is 1. The number of rotatable bonds is 3. The summed E-state index contributed by atoms with van der Waals surface area (Å²) in [6, 6.07) is 4.50. The molecule has 0 saturated carbocycles. The second-order valence-electron chi connectivity index (χ2n) is 4.18. The second kappa shape index (κ2) is 6.17. The number of aliphatic hydroxyl groups is 1. The molecule has 0 aromatic heterocycles. The Morgan fingerprint density at radius 1 is 1.29 bits per heavy atom. The Morgan fingerprint density at radius 3 is 2.43 bits per heavy atom. The SMILES string of the molecule is O=C1/C(=C\c2ccc(C(F)(F)F)cc2)SC(=S)N1CCO. The Morgan fingerprint density at radius 2 is 1.90 bits per heavy atom. The number of halogens is 3. The van der Waals surface area contributed by atoms with Crippen LogP contribution < -0.4 is 0 Å². The van der Waals surface area contributed by atoms with Crippen LogP contribution in [-0.4, -0.2) is 33.4 Å². The molecule has 1 aliphatic heterocycles. The first-order valence-electron chi connectivity index (χ1n) is 5.86. The van der Waals surface area contributed by atoms with Gasteiger partial charge in [-0.1, -0.05) is 36.1 Å². The quantitative estimate of drug-likeness (QED) is 0.682. The molecule has 1 heterocycles. The predicted octanol–water partition coefficient (Wildman–Crippen LogP) is 2.90. The van der Waals surface area contributed by atoms with E-state index in [-0.39, 0.29) is 19.1 Å². The van der Waals surface area contributed by atoms with Gasteiger partial charge in [-0.2, -0.15) is 13.2 Å². The van der Waals surface area contributed by atoms with Crippen molar-refractivity contribution in [3.8, 4) is 0 Å². The van der Waals surface area contributed by atoms with Gasteiger partial charge in [0, 0.05) is 0 Å². The van der Waals surface area contributed by atoms with Gasteiger partial charge in [0.25, 0.3) is 5.91 Å². The number of aliphatic hydroxyl groups excluding tert-OH is 1. The maximum absolute atomic E-state index is 12.5. The van der Waals surface area contributed by atoms with Gasteiger partial charge in [0.1, 0.15) is 4.32 Å². The number of thioether (sulfide) groups is 1. The zero-order valence-corrected chi connectivity index (χ0v) is 12.2. The van der Waals surface area contributed by atoms with Gasteiger partial charge < -0.3 is 5.11 Å². The van der Waals surface area contributed by atoms with Crippen molar-refractivity contribution >= 4 is 40.3 Å². The lowest BCUT2D eigenvalue weighted by molar-refractivity contribution is -0.137. The second-order valence-corrected chi connectivity index (χ2v) is 5.85. The van der Waals surface area contributed by atoms with E-state index in [1.165, 1.54) is 23.1 Å². The number of amides is 1. The first kappa shape index (κ1) is 16.0. The smallest absolute Gasteiger partial charge is 0.395 e. The highest BCUT2D eigenvalue weighted by Gasteiger charge is 2.32. The van der Waals surface area contributed by atoms with Crippen LogP contribution in [0.5, 0.6) is 0 Å². The lowest BCUT2D eigenvalue weighted by Crippen LogP contribution is -2.30. The third kappa shape index (κ3) is 3.63. The molecule has 1 fully saturated rings. The fourth-order valence-corrected chi connectivity index (χ4v) is 3.02. The van der Waals surface area contributed by atoms with Crippen LogP contribution in [0.3, 0.4) is 0 Å². The summed E-state index contributed by atoms with van der Waals surface area (Å²) in [5.74, 6) is -0.348. The average molecular weight is 333 g/mol. The molecule has 21 heavy (non-hydrogen) atoms. The summed E-state index contributed by atoms with van der Waals surface area (Å²) in [6.45, 7) is -0.102. The standard InChI is InChI=1S/C13H10F3NO2S2/c14-13(15,16)9-3-1-8(2-4-9)7-10-11(19)17(5-6-18)12(20)21-10/h1-4,7,18H,5-6H2/b10-7+. The first-order valence-corrected chi connectivity index (χ1v) is 7.09. The highest BCUT2D eigenvalue weighted by molar-refractivity contribution is 8.26. The molecule has 1 N–H and O–H groups in total. The Hall–Kier alpha value is -1.38. The molecular weight excluding hydrogens is 323 g/mol. The van der Waals surface area contributed by atoms with Gasteiger partial charge in [-0.25, -0.2) is 0 Å². The van der Waals surface area contributed by atoms with Crippen molar-refractivity contribution in [2.24, 2.45) is 0 Å². The van der Waals surface area contributed by atoms with Gasteiger partial charge in [-0.15, -0.1) is 0 Å². The molecule has 112 valence electrons. The average Bonchev–Trinajstić information content (AvgIpc) is 2.66. The van der Waals surface area contributed by atoms with Crippen LogP contribution in [0.2, 0.25) is 0 Å². The number of carbonyl (C=O) groups excluding carboxylic acids is 1. The third-order valence-corrected chi connectivity index (χ3v) is 4.11. The molecular formula is C13H10F3NO2S2. The van der Waals surface area contributed by atoms with Crippen molar-refractivity contribution in [1.29, 1.82) is 0 Å². The molecule has 0 atom stereocenters. The van der Waals surface area contributed by atoms with E-state index in [0.29, 0.717) is 14.8 Å². The molecule has 1 amide bonds. The highest BCUT2D eigenvalue weighted by atomic mass is 32.2. The van der Waals surface area contributed by atoms with Crippen LogP contribution in [0.4, 0.5) is 13.2 Å². The lowest BCUT2D eigenvalue weighted by atomic mass is 10.1. The van der Waals surface area contributed by atoms with E-state index in [4.69, 9.17) is 17.3 Å². The summed E-state index contributed by atoms with van der Waals surface area (Å²) < 4.78 is 37.7. The summed E-state index contributed by atoms with van der Waals surface area (Å²) in [5, 5.41) is 8.86. The van der Waals surface area contributed by atoms with Crippen LogP contribution in [0.15, 0.2) is 29.2 Å². The van der Waals surface area contributed by atoms with Gasteiger partial charge in [0.2, 0.25) is 0 Å². The fourth-order valence-electron chi connectivity index (χ4n) is 1.71. The van der Waals surface area contributed by atoms with Gasteiger partial charge in [0.05, 0.1) is 23.6 Å². The van der Waals surface area contributed by atoms with Crippen LogP contribution in [-0.2, 0) is 11.0 Å². The number of nitrogens with zero attached hydrogens (tertiary/aromatic N) is 1. The number of benzene rings is 1. The first-order chi connectivity index (χ1) is 9.82. The van der Waals surface area contributed by atoms with E-state index in [0.717, 1.165) is 23.9 Å². The van der Waals surface area contributed by atoms with E-state index in [9.17, 15) is 18.0 Å². The molecule has 2 rings (SSSR count). The van der Waals surface area contributed by atoms with E-state index in [1.54, 1.807) is 0 Å². The number of alkyl halides is 3. The van der Waals surface area contributed by atoms with Crippen LogP contribution >= 0.6 is 24.0 Å². The van der Waals surface area contributed by atoms with Crippen molar-refractivity contribution in [2.45, 2.75) is 6.18 Å². The topological polar surface area (TPSA) is 40.5 Å². The monoisotopic (exact) mass is 333 g/mol. The Bertz CT molecular complexity index is 596. The molecule has 0 aliphatic carbocycles. The number of hydrogen-bond acceptors (Lipinski definition) is 4. The maximum atomic E-state index is 12.5. The van der Waals surface area contributed by atoms with Crippen LogP contribution in [0.25, 0.3) is 6.08 Å². The van der Waals surface area contributed by atoms with Crippen molar-refractivity contribution in [3.63, 3.8) is 0 Å². The zero-order valence-electron chi connectivity index (χ0n) is 10.6. The zero-order chi connectivity index (χ0) is 15.6. The summed E-state index contributed by atoms with van der Waals surface area (Å²) in [6.07, 6.45) is -2.90. The molecule has 1 aromatic rings. The number of β-amino-alcohol motifs (C(OH)–C–C–N with tert-alkyl or cyclic N) is 1. The minimum atomic E-state index is -4.39. The minimum absolute atomic E-state index is 0.106. The van der Waals surface area contributed by atoms with Crippen molar-refractivity contribution in [2.75, 3.05) is 13.2 Å². The Kier molecular flexibility index (Phi) is 4.70. The summed E-state index contributed by atoms with van der Waals surface area (Å²) in [7, 11) is 0. The fraction of sp³-hybridized carbons (Fsp3) is 0.231. The van der Waals surface area contributed by atoms with Crippen molar-refractivity contribution in [1.82, 2.24) is 4.90 Å². The third-order valence-electron chi connectivity index (χ3n) is 2.73. The molecule has 0 unspecified atom stereocenters. The minimum Gasteiger partial charge on any atom is -0.395 e. The van der Waals surface area contributed by atoms with Crippen LogP contribution in [0, 0.1) is 0 Å². The van der Waals surface area contributed by atoms with E-state index in [2.05, 4.69) is 0 Å². The largest absolute Gasteiger partial charge is 0.416 e. The summed E-state index contributed by atoms with van der Waals surface area (Å²) >= 11 is 6.08. The lowest BCUT2D eigenvalue weighted by Gasteiger charge is -2.11. The highest BCUT2D eigenvalue weighted by Crippen LogP contribution is 2.33. The van der Waals surface area contributed by atoms with E-state index >= 15 is 0 Å². The molecule has 0 radical (unpaired) electrons. The van der Waals surface area contributed by atoms with Gasteiger partial charge in [-0.3, -0.25) is 9.69 Å². The summed E-state index contributed by atoms with van der Waals surface area (Å²) in [4.78, 5) is 13.6. The van der Waals surface area contributed by atoms with Crippen LogP contribution in [0.1, 0.15) is 11.1 Å². The Balaban J connectivity index is 2.21.